The summed E-state index contributed by atoms with van der Waals surface area (Å²) in [7, 11) is 0. The number of nitrogens with one attached hydrogen (secondary N) is 2. The van der Waals surface area contributed by atoms with Gasteiger partial charge >= 0.3 is 0 Å². The van der Waals surface area contributed by atoms with Crippen molar-refractivity contribution in [3.05, 3.63) is 107 Å². The van der Waals surface area contributed by atoms with Gasteiger partial charge in [0.1, 0.15) is 5.82 Å². The summed E-state index contributed by atoms with van der Waals surface area (Å²) in [6, 6.07) is 22.3. The molecule has 6 nitrogen and oxygen atoms in total. The van der Waals surface area contributed by atoms with Crippen LogP contribution in [0.3, 0.4) is 0 Å². The number of rotatable bonds is 6. The number of aryl methyl sites for hydroxylation is 1. The Morgan fingerprint density at radius 2 is 1.94 bits per heavy atom. The number of benzene rings is 2. The van der Waals surface area contributed by atoms with Gasteiger partial charge in [-0.05, 0) is 42.3 Å². The molecule has 3 heterocycles. The third-order valence-corrected chi connectivity index (χ3v) is 5.92. The van der Waals surface area contributed by atoms with Crippen molar-refractivity contribution in [3.8, 4) is 0 Å². The van der Waals surface area contributed by atoms with Crippen LogP contribution in [0.5, 0.6) is 0 Å². The Balaban J connectivity index is 1.45. The molecule has 0 saturated heterocycles. The van der Waals surface area contributed by atoms with Crippen LogP contribution in [-0.4, -0.2) is 31.9 Å². The average Bonchev–Trinajstić information content (AvgIpc) is 3.42. The van der Waals surface area contributed by atoms with Gasteiger partial charge in [-0.1, -0.05) is 42.5 Å². The van der Waals surface area contributed by atoms with Crippen LogP contribution in [0.1, 0.15) is 38.8 Å². The van der Waals surface area contributed by atoms with E-state index in [4.69, 9.17) is 4.98 Å². The zero-order valence-corrected chi connectivity index (χ0v) is 18.2. The van der Waals surface area contributed by atoms with Gasteiger partial charge in [0.05, 0.1) is 5.69 Å². The minimum absolute atomic E-state index is 0.152. The molecule has 0 aliphatic carbocycles. The molecule has 2 aromatic heterocycles. The number of hydrogen-bond acceptors (Lipinski definition) is 3. The van der Waals surface area contributed by atoms with Crippen molar-refractivity contribution in [1.82, 2.24) is 19.4 Å². The van der Waals surface area contributed by atoms with Crippen molar-refractivity contribution in [2.24, 2.45) is 0 Å². The summed E-state index contributed by atoms with van der Waals surface area (Å²) in [4.78, 5) is 23.8. The summed E-state index contributed by atoms with van der Waals surface area (Å²) in [6.07, 6.45) is 2.66. The normalized spacial score (nSPS) is 13.7. The van der Waals surface area contributed by atoms with E-state index in [-0.39, 0.29) is 5.91 Å². The molecule has 6 heteroatoms. The molecule has 2 aromatic carbocycles. The Bertz CT molecular complexity index is 1210. The van der Waals surface area contributed by atoms with Gasteiger partial charge in [0, 0.05) is 50.2 Å². The van der Waals surface area contributed by atoms with Crippen LogP contribution >= 0.6 is 0 Å². The number of carbonyl (C=O) groups is 1. The summed E-state index contributed by atoms with van der Waals surface area (Å²) in [5.74, 6) is 0.792. The predicted octanol–water partition coefficient (Wildman–Crippen LogP) is 4.38. The van der Waals surface area contributed by atoms with Crippen molar-refractivity contribution >= 4 is 11.6 Å². The van der Waals surface area contributed by atoms with Crippen LogP contribution in [0.4, 0.5) is 5.69 Å². The molecule has 4 aromatic rings. The van der Waals surface area contributed by atoms with Crippen molar-refractivity contribution < 1.29 is 4.79 Å². The van der Waals surface area contributed by atoms with Crippen LogP contribution in [0, 0.1) is 6.92 Å². The average molecular weight is 426 g/mol. The molecular weight excluding hydrogens is 398 g/mol. The third-order valence-electron chi connectivity index (χ3n) is 5.92. The second kappa shape index (κ2) is 8.85. The quantitative estimate of drug-likeness (QED) is 0.482. The Morgan fingerprint density at radius 3 is 2.72 bits per heavy atom. The number of carbonyl (C=O) groups excluding carboxylic acids is 1. The highest BCUT2D eigenvalue weighted by atomic mass is 16.1. The topological polar surface area (TPSA) is 66.0 Å². The molecular formula is C26H27N5O. The predicted molar refractivity (Wildman–Crippen MR) is 126 cm³/mol. The van der Waals surface area contributed by atoms with Crippen molar-refractivity contribution in [1.29, 1.82) is 0 Å². The summed E-state index contributed by atoms with van der Waals surface area (Å²) >= 11 is 0. The summed E-state index contributed by atoms with van der Waals surface area (Å²) in [6.45, 7) is 5.28. The van der Waals surface area contributed by atoms with Crippen LogP contribution in [0.2, 0.25) is 0 Å². The number of imidazole rings is 1. The number of aromatic nitrogens is 3. The lowest BCUT2D eigenvalue weighted by Crippen LogP contribution is -2.34. The first kappa shape index (κ1) is 20.3. The molecule has 1 amide bonds. The van der Waals surface area contributed by atoms with E-state index in [2.05, 4.69) is 38.0 Å². The lowest BCUT2D eigenvalue weighted by molar-refractivity contribution is 0.101. The first-order valence-electron chi connectivity index (χ1n) is 11.0. The first-order chi connectivity index (χ1) is 15.7. The van der Waals surface area contributed by atoms with Gasteiger partial charge in [-0.2, -0.15) is 0 Å². The number of amides is 1. The van der Waals surface area contributed by atoms with E-state index in [1.165, 1.54) is 11.3 Å². The molecule has 5 rings (SSSR count). The molecule has 0 fully saturated rings. The Hall–Kier alpha value is -3.64. The number of hydrogen-bond donors (Lipinski definition) is 2. The van der Waals surface area contributed by atoms with Gasteiger partial charge in [-0.3, -0.25) is 9.69 Å². The molecule has 2 N–H and O–H groups in total. The zero-order chi connectivity index (χ0) is 21.9. The number of aromatic amines is 1. The minimum Gasteiger partial charge on any atom is -0.364 e. The van der Waals surface area contributed by atoms with E-state index in [1.54, 1.807) is 0 Å². The van der Waals surface area contributed by atoms with E-state index in [0.29, 0.717) is 18.7 Å². The number of anilines is 1. The Labute approximate surface area is 187 Å². The fourth-order valence-corrected chi connectivity index (χ4v) is 4.34. The highest BCUT2D eigenvalue weighted by Crippen LogP contribution is 2.24. The molecule has 0 atom stereocenters. The van der Waals surface area contributed by atoms with Crippen molar-refractivity contribution in [2.75, 3.05) is 11.9 Å². The Kier molecular flexibility index (Phi) is 5.60. The third kappa shape index (κ3) is 4.36. The molecule has 0 saturated carbocycles. The lowest BCUT2D eigenvalue weighted by atomic mass is 10.1. The highest BCUT2D eigenvalue weighted by molar-refractivity contribution is 6.03. The van der Waals surface area contributed by atoms with Gasteiger partial charge in [0.15, 0.2) is 5.69 Å². The summed E-state index contributed by atoms with van der Waals surface area (Å²) < 4.78 is 2.24. The fourth-order valence-electron chi connectivity index (χ4n) is 4.34. The largest absolute Gasteiger partial charge is 0.364 e. The number of H-pyrrole nitrogens is 1. The van der Waals surface area contributed by atoms with E-state index in [1.807, 2.05) is 61.7 Å². The first-order valence-corrected chi connectivity index (χ1v) is 11.0. The summed E-state index contributed by atoms with van der Waals surface area (Å²) in [5, 5.41) is 3.05. The van der Waals surface area contributed by atoms with Crippen LogP contribution in [0.25, 0.3) is 0 Å². The smallest absolute Gasteiger partial charge is 0.276 e. The lowest BCUT2D eigenvalue weighted by Gasteiger charge is -2.29. The van der Waals surface area contributed by atoms with Crippen LogP contribution < -0.4 is 5.32 Å². The van der Waals surface area contributed by atoms with Gasteiger partial charge in [-0.15, -0.1) is 0 Å². The fraction of sp³-hybridized carbons (Fsp3) is 0.231. The maximum Gasteiger partial charge on any atom is 0.276 e. The molecule has 0 unspecified atom stereocenters. The molecule has 32 heavy (non-hydrogen) atoms. The van der Waals surface area contributed by atoms with Crippen LogP contribution in [-0.2, 0) is 26.1 Å². The highest BCUT2D eigenvalue weighted by Gasteiger charge is 2.27. The standard InChI is InChI=1S/C26H27N5O/c1-19-7-5-10-21(15-19)28-26(32)25-23-18-30(17-22-11-6-12-27-22)13-14-31(23)24(29-25)16-20-8-3-2-4-9-20/h2-12,15,27H,13-14,16-18H2,1H3,(H,28,32). The molecule has 162 valence electrons. The SMILES string of the molecule is Cc1cccc(NC(=O)c2nc(Cc3ccccc3)n3c2CN(Cc2ccc[nH]2)CC3)c1. The Morgan fingerprint density at radius 1 is 1.06 bits per heavy atom. The van der Waals surface area contributed by atoms with E-state index < -0.39 is 0 Å². The van der Waals surface area contributed by atoms with E-state index in [0.717, 1.165) is 42.4 Å². The minimum atomic E-state index is -0.152. The monoisotopic (exact) mass is 425 g/mol. The second-order valence-corrected chi connectivity index (χ2v) is 8.37. The molecule has 0 bridgehead atoms. The maximum atomic E-state index is 13.3. The molecule has 0 spiro atoms. The molecule has 1 aliphatic rings. The summed E-state index contributed by atoms with van der Waals surface area (Å²) in [5.41, 5.74) is 5.78. The number of fused-ring (bicyclic) bond motifs is 1. The van der Waals surface area contributed by atoms with Crippen molar-refractivity contribution in [2.45, 2.75) is 33.0 Å². The second-order valence-electron chi connectivity index (χ2n) is 8.37. The van der Waals surface area contributed by atoms with Crippen LogP contribution in [0.15, 0.2) is 72.9 Å². The van der Waals surface area contributed by atoms with E-state index in [9.17, 15) is 4.79 Å². The van der Waals surface area contributed by atoms with E-state index >= 15 is 0 Å². The molecule has 1 aliphatic heterocycles. The maximum absolute atomic E-state index is 13.3. The van der Waals surface area contributed by atoms with Gasteiger partial charge in [0.25, 0.3) is 5.91 Å². The van der Waals surface area contributed by atoms with Gasteiger partial charge < -0.3 is 14.9 Å². The number of nitrogens with zero attached hydrogens (tertiary/aromatic N) is 3. The molecule has 0 radical (unpaired) electrons. The van der Waals surface area contributed by atoms with Gasteiger partial charge in [0.2, 0.25) is 0 Å². The van der Waals surface area contributed by atoms with Crippen molar-refractivity contribution in [3.63, 3.8) is 0 Å². The van der Waals surface area contributed by atoms with Gasteiger partial charge in [-0.25, -0.2) is 4.98 Å². The zero-order valence-electron chi connectivity index (χ0n) is 18.2.